The van der Waals surface area contributed by atoms with Crippen LogP contribution in [0.4, 0.5) is 5.69 Å². The van der Waals surface area contributed by atoms with Crippen molar-refractivity contribution in [2.45, 2.75) is 76.1 Å². The number of halogens is 2. The average Bonchev–Trinajstić information content (AvgIpc) is 2.74. The molecule has 3 N–H and O–H groups in total. The van der Waals surface area contributed by atoms with Gasteiger partial charge < -0.3 is 20.7 Å². The van der Waals surface area contributed by atoms with E-state index in [2.05, 4.69) is 47.8 Å². The van der Waals surface area contributed by atoms with Gasteiger partial charge in [-0.05, 0) is 55.9 Å². The molecular formula is C23H33Br2N3O4. The monoisotopic (exact) mass is 573 g/mol. The van der Waals surface area contributed by atoms with E-state index in [4.69, 9.17) is 0 Å². The normalized spacial score (nSPS) is 12.7. The number of unbranched alkanes of at least 4 members (excludes halogenated alkanes) is 1. The summed E-state index contributed by atoms with van der Waals surface area (Å²) >= 11 is 6.85. The molecule has 1 aromatic rings. The molecule has 1 rings (SSSR count). The van der Waals surface area contributed by atoms with E-state index in [1.165, 1.54) is 6.92 Å². The molecule has 7 nitrogen and oxygen atoms in total. The van der Waals surface area contributed by atoms with E-state index < -0.39 is 18.0 Å². The van der Waals surface area contributed by atoms with E-state index in [1.807, 2.05) is 32.0 Å². The van der Waals surface area contributed by atoms with Crippen molar-refractivity contribution in [3.63, 3.8) is 0 Å². The summed E-state index contributed by atoms with van der Waals surface area (Å²) in [6.45, 7) is 6.79. The van der Waals surface area contributed by atoms with Crippen LogP contribution in [0.15, 0.2) is 18.2 Å². The molecule has 0 aliphatic rings. The lowest BCUT2D eigenvalue weighted by Gasteiger charge is -2.24. The van der Waals surface area contributed by atoms with Crippen molar-refractivity contribution in [1.29, 1.82) is 0 Å². The summed E-state index contributed by atoms with van der Waals surface area (Å²) < 4.78 is 0. The second kappa shape index (κ2) is 14.4. The predicted octanol–water partition coefficient (Wildman–Crippen LogP) is 4.21. The Morgan fingerprint density at radius 2 is 1.41 bits per heavy atom. The van der Waals surface area contributed by atoms with Gasteiger partial charge in [-0.25, -0.2) is 0 Å². The molecule has 1 aromatic carbocycles. The van der Waals surface area contributed by atoms with Crippen LogP contribution in [0.5, 0.6) is 0 Å². The smallest absolute Gasteiger partial charge is 0.246 e. The fourth-order valence-electron chi connectivity index (χ4n) is 3.05. The number of ketones is 1. The first-order valence-electron chi connectivity index (χ1n) is 10.7. The number of carbonyl (C=O) groups excluding carboxylic acids is 4. The van der Waals surface area contributed by atoms with E-state index in [1.54, 1.807) is 6.92 Å². The highest BCUT2D eigenvalue weighted by Crippen LogP contribution is 2.19. The molecule has 0 fully saturated rings. The van der Waals surface area contributed by atoms with Crippen LogP contribution >= 0.6 is 31.9 Å². The zero-order valence-corrected chi connectivity index (χ0v) is 22.3. The summed E-state index contributed by atoms with van der Waals surface area (Å²) in [5.74, 6) is -1.05. The van der Waals surface area contributed by atoms with Crippen molar-refractivity contribution in [3.05, 3.63) is 29.3 Å². The lowest BCUT2D eigenvalue weighted by Crippen LogP contribution is -2.53. The molecule has 9 heteroatoms. The highest BCUT2D eigenvalue weighted by Gasteiger charge is 2.27. The average molecular weight is 575 g/mol. The van der Waals surface area contributed by atoms with Gasteiger partial charge in [0.15, 0.2) is 0 Å². The second-order valence-corrected chi connectivity index (χ2v) is 9.34. The van der Waals surface area contributed by atoms with Crippen molar-refractivity contribution in [2.24, 2.45) is 5.92 Å². The number of hydrogen-bond acceptors (Lipinski definition) is 4. The Balaban J connectivity index is 2.67. The number of alkyl halides is 2. The minimum absolute atomic E-state index is 0.0967. The van der Waals surface area contributed by atoms with Crippen molar-refractivity contribution in [1.82, 2.24) is 10.6 Å². The van der Waals surface area contributed by atoms with Crippen LogP contribution in [0.3, 0.4) is 0 Å². The van der Waals surface area contributed by atoms with Crippen molar-refractivity contribution < 1.29 is 19.2 Å². The van der Waals surface area contributed by atoms with Gasteiger partial charge in [-0.2, -0.15) is 0 Å². The van der Waals surface area contributed by atoms with Crippen LogP contribution in [0.2, 0.25) is 0 Å². The molecule has 0 aliphatic heterocycles. The topological polar surface area (TPSA) is 104 Å². The first-order chi connectivity index (χ1) is 15.1. The number of amides is 3. The Morgan fingerprint density at radius 3 is 1.91 bits per heavy atom. The van der Waals surface area contributed by atoms with Gasteiger partial charge in [0.1, 0.15) is 17.9 Å². The van der Waals surface area contributed by atoms with Gasteiger partial charge in [-0.15, -0.1) is 0 Å². The molecule has 0 saturated heterocycles. The third-order valence-electron chi connectivity index (χ3n) is 4.83. The molecule has 0 unspecified atom stereocenters. The molecule has 0 radical (unpaired) electrons. The largest absolute Gasteiger partial charge is 0.344 e. The molecule has 0 bridgehead atoms. The van der Waals surface area contributed by atoms with Gasteiger partial charge >= 0.3 is 0 Å². The zero-order chi connectivity index (χ0) is 24.3. The van der Waals surface area contributed by atoms with Gasteiger partial charge in [-0.1, -0.05) is 51.8 Å². The van der Waals surface area contributed by atoms with Crippen LogP contribution < -0.4 is 16.0 Å². The summed E-state index contributed by atoms with van der Waals surface area (Å²) in [5, 5.41) is 9.61. The van der Waals surface area contributed by atoms with Gasteiger partial charge in [0.25, 0.3) is 0 Å². The maximum atomic E-state index is 12.7. The molecule has 3 amide bonds. The molecule has 0 heterocycles. The van der Waals surface area contributed by atoms with E-state index in [9.17, 15) is 19.2 Å². The molecule has 178 valence electrons. The maximum absolute atomic E-state index is 12.7. The van der Waals surface area contributed by atoms with Crippen LogP contribution in [-0.2, 0) is 29.8 Å². The molecule has 32 heavy (non-hydrogen) atoms. The summed E-state index contributed by atoms with van der Waals surface area (Å²) in [6.07, 6.45) is 1.93. The minimum Gasteiger partial charge on any atom is -0.344 e. The van der Waals surface area contributed by atoms with Crippen LogP contribution in [-0.4, -0.2) is 35.6 Å². The Labute approximate surface area is 207 Å². The summed E-state index contributed by atoms with van der Waals surface area (Å²) in [4.78, 5) is 48.6. The molecule has 0 spiro atoms. The fraction of sp³-hybridized carbons (Fsp3) is 0.565. The van der Waals surface area contributed by atoms with Crippen LogP contribution in [0.25, 0.3) is 0 Å². The van der Waals surface area contributed by atoms with Crippen molar-refractivity contribution in [2.75, 3.05) is 5.32 Å². The van der Waals surface area contributed by atoms with Gasteiger partial charge in [0, 0.05) is 29.2 Å². The quantitative estimate of drug-likeness (QED) is 0.242. The Morgan fingerprint density at radius 1 is 0.844 bits per heavy atom. The standard InChI is InChI=1S/C23H33Br2N3O4/c1-14(2)21(28-20(30)8-6-5-7-15(3)29)23(32)26-16(4)22(31)27-19-10-17(12-24)9-18(11-19)13-25/h9-11,14,16,21H,5-8,12-13H2,1-4H3,(H,26,32)(H,27,31)(H,28,30)/t16-,21-/m0/s1. The first kappa shape index (κ1) is 28.3. The van der Waals surface area contributed by atoms with Crippen molar-refractivity contribution in [3.8, 4) is 0 Å². The molecule has 2 atom stereocenters. The van der Waals surface area contributed by atoms with Gasteiger partial charge in [0.05, 0.1) is 0 Å². The summed E-state index contributed by atoms with van der Waals surface area (Å²) in [7, 11) is 0. The number of carbonyl (C=O) groups is 4. The molecule has 0 aromatic heterocycles. The maximum Gasteiger partial charge on any atom is 0.246 e. The van der Waals surface area contributed by atoms with Crippen molar-refractivity contribution >= 4 is 61.1 Å². The van der Waals surface area contributed by atoms with Crippen LogP contribution in [0.1, 0.15) is 64.5 Å². The van der Waals surface area contributed by atoms with E-state index in [0.717, 1.165) is 11.1 Å². The first-order valence-corrected chi connectivity index (χ1v) is 13.0. The number of nitrogens with one attached hydrogen (secondary N) is 3. The Hall–Kier alpha value is -1.74. The molecule has 0 aliphatic carbocycles. The molecule has 0 saturated carbocycles. The SMILES string of the molecule is CC(=O)CCCCC(=O)N[C@H](C(=O)N[C@@H](C)C(=O)Nc1cc(CBr)cc(CBr)c1)C(C)C. The third-order valence-corrected chi connectivity index (χ3v) is 6.12. The highest BCUT2D eigenvalue weighted by atomic mass is 79.9. The second-order valence-electron chi connectivity index (χ2n) is 8.22. The third kappa shape index (κ3) is 10.3. The van der Waals surface area contributed by atoms with Gasteiger partial charge in [0.2, 0.25) is 17.7 Å². The van der Waals surface area contributed by atoms with E-state index >= 15 is 0 Å². The molecular weight excluding hydrogens is 542 g/mol. The number of benzene rings is 1. The Kier molecular flexibility index (Phi) is 12.7. The van der Waals surface area contributed by atoms with E-state index in [0.29, 0.717) is 35.6 Å². The lowest BCUT2D eigenvalue weighted by atomic mass is 10.0. The summed E-state index contributed by atoms with van der Waals surface area (Å²) in [5.41, 5.74) is 2.71. The number of anilines is 1. The number of hydrogen-bond donors (Lipinski definition) is 3. The minimum atomic E-state index is -0.781. The number of rotatable bonds is 13. The fourth-order valence-corrected chi connectivity index (χ4v) is 3.70. The predicted molar refractivity (Wildman–Crippen MR) is 134 cm³/mol. The lowest BCUT2D eigenvalue weighted by molar-refractivity contribution is -0.131. The summed E-state index contributed by atoms with van der Waals surface area (Å²) in [6, 6.07) is 4.24. The van der Waals surface area contributed by atoms with Gasteiger partial charge in [-0.3, -0.25) is 14.4 Å². The zero-order valence-electron chi connectivity index (χ0n) is 19.1. The number of Topliss-reactive ketones (excluding diaryl/α,β-unsaturated/α-hetero) is 1. The Bertz CT molecular complexity index is 792. The van der Waals surface area contributed by atoms with E-state index in [-0.39, 0.29) is 29.9 Å². The highest BCUT2D eigenvalue weighted by molar-refractivity contribution is 9.08. The van der Waals surface area contributed by atoms with Crippen LogP contribution in [0, 0.1) is 5.92 Å².